The molecule has 1 spiro atoms. The van der Waals surface area contributed by atoms with Crippen LogP contribution in [0.2, 0.25) is 0 Å². The Bertz CT molecular complexity index is 1410. The van der Waals surface area contributed by atoms with Gasteiger partial charge in [0.15, 0.2) is 5.78 Å². The number of hydrogen-bond donors (Lipinski definition) is 1. The first-order valence-electron chi connectivity index (χ1n) is 12.0. The van der Waals surface area contributed by atoms with Crippen molar-refractivity contribution in [1.82, 2.24) is 4.90 Å². The molecular formula is C28H25N3O4S. The number of ketones is 1. The lowest BCUT2D eigenvalue weighted by Crippen LogP contribution is -2.52. The Kier molecular flexibility index (Phi) is 5.28. The second-order valence-corrected chi connectivity index (χ2v) is 10.8. The molecule has 0 bridgehead atoms. The van der Waals surface area contributed by atoms with Gasteiger partial charge in [0.2, 0.25) is 5.91 Å². The second kappa shape index (κ2) is 8.28. The number of fused-ring (bicyclic) bond motifs is 4. The van der Waals surface area contributed by atoms with E-state index in [-0.39, 0.29) is 29.3 Å². The molecule has 182 valence electrons. The molecule has 7 nitrogen and oxygen atoms in total. The van der Waals surface area contributed by atoms with Crippen LogP contribution in [-0.2, 0) is 10.3 Å². The van der Waals surface area contributed by atoms with Gasteiger partial charge in [0, 0.05) is 52.5 Å². The van der Waals surface area contributed by atoms with Crippen LogP contribution in [-0.4, -0.2) is 39.2 Å². The summed E-state index contributed by atoms with van der Waals surface area (Å²) in [5.41, 5.74) is 3.92. The van der Waals surface area contributed by atoms with Gasteiger partial charge in [-0.15, -0.1) is 11.8 Å². The number of carbonyl (C=O) groups excluding carboxylic acids is 2. The Labute approximate surface area is 213 Å². The van der Waals surface area contributed by atoms with E-state index in [0.717, 1.165) is 33.7 Å². The molecule has 3 aromatic carbocycles. The molecule has 3 aliphatic heterocycles. The zero-order valence-electron chi connectivity index (χ0n) is 19.9. The predicted octanol–water partition coefficient (Wildman–Crippen LogP) is 5.03. The zero-order valence-corrected chi connectivity index (χ0v) is 20.7. The lowest BCUT2D eigenvalue weighted by molar-refractivity contribution is -0.384. The summed E-state index contributed by atoms with van der Waals surface area (Å²) in [4.78, 5) is 41.6. The molecule has 2 fully saturated rings. The Morgan fingerprint density at radius 1 is 1.11 bits per heavy atom. The number of aryl methyl sites for hydroxylation is 2. The summed E-state index contributed by atoms with van der Waals surface area (Å²) < 4.78 is 0. The van der Waals surface area contributed by atoms with Crippen molar-refractivity contribution in [2.45, 2.75) is 31.3 Å². The lowest BCUT2D eigenvalue weighted by Gasteiger charge is -2.36. The zero-order chi connectivity index (χ0) is 25.2. The number of nitro benzene ring substituents is 1. The average Bonchev–Trinajstić information content (AvgIpc) is 3.53. The quantitative estimate of drug-likeness (QED) is 0.308. The Balaban J connectivity index is 1.62. The second-order valence-electron chi connectivity index (χ2n) is 9.84. The number of nitrogens with zero attached hydrogens (tertiary/aromatic N) is 2. The molecule has 0 radical (unpaired) electrons. The van der Waals surface area contributed by atoms with E-state index >= 15 is 0 Å². The van der Waals surface area contributed by atoms with E-state index in [2.05, 4.69) is 10.2 Å². The molecule has 0 unspecified atom stereocenters. The van der Waals surface area contributed by atoms with Gasteiger partial charge >= 0.3 is 0 Å². The number of carbonyl (C=O) groups is 2. The minimum Gasteiger partial charge on any atom is -0.324 e. The third-order valence-electron chi connectivity index (χ3n) is 7.90. The van der Waals surface area contributed by atoms with Gasteiger partial charge in [0.1, 0.15) is 5.54 Å². The Hall–Kier alpha value is -3.49. The molecule has 2 saturated heterocycles. The number of hydrogen-bond acceptors (Lipinski definition) is 6. The number of non-ortho nitro benzene ring substituents is 1. The van der Waals surface area contributed by atoms with E-state index < -0.39 is 16.4 Å². The topological polar surface area (TPSA) is 92.5 Å². The van der Waals surface area contributed by atoms with E-state index in [9.17, 15) is 19.7 Å². The maximum Gasteiger partial charge on any atom is 0.269 e. The van der Waals surface area contributed by atoms with Gasteiger partial charge in [-0.25, -0.2) is 0 Å². The van der Waals surface area contributed by atoms with Crippen molar-refractivity contribution in [1.29, 1.82) is 0 Å². The summed E-state index contributed by atoms with van der Waals surface area (Å²) in [5.74, 6) is 0.167. The smallest absolute Gasteiger partial charge is 0.269 e. The van der Waals surface area contributed by atoms with Gasteiger partial charge in [-0.1, -0.05) is 60.2 Å². The largest absolute Gasteiger partial charge is 0.324 e. The summed E-state index contributed by atoms with van der Waals surface area (Å²) in [6.07, 6.45) is 0. The summed E-state index contributed by atoms with van der Waals surface area (Å²) in [7, 11) is 0. The third kappa shape index (κ3) is 3.10. The first-order chi connectivity index (χ1) is 17.3. The maximum atomic E-state index is 14.4. The van der Waals surface area contributed by atoms with Crippen LogP contribution in [0.25, 0.3) is 0 Å². The molecule has 3 aliphatic rings. The fourth-order valence-corrected chi connectivity index (χ4v) is 7.83. The summed E-state index contributed by atoms with van der Waals surface area (Å²) >= 11 is 1.75. The highest BCUT2D eigenvalue weighted by Crippen LogP contribution is 2.61. The van der Waals surface area contributed by atoms with Crippen LogP contribution in [0.5, 0.6) is 0 Å². The molecular weight excluding hydrogens is 474 g/mol. The van der Waals surface area contributed by atoms with Crippen LogP contribution in [0.1, 0.15) is 38.5 Å². The van der Waals surface area contributed by atoms with Crippen LogP contribution in [0.4, 0.5) is 11.4 Å². The molecule has 6 rings (SSSR count). The number of rotatable bonds is 4. The third-order valence-corrected chi connectivity index (χ3v) is 8.94. The van der Waals surface area contributed by atoms with Gasteiger partial charge in [-0.05, 0) is 25.0 Å². The lowest BCUT2D eigenvalue weighted by atomic mass is 9.69. The number of nitro groups is 1. The maximum absolute atomic E-state index is 14.4. The molecule has 3 aromatic rings. The fourth-order valence-electron chi connectivity index (χ4n) is 6.51. The minimum absolute atomic E-state index is 0.00486. The molecule has 1 amide bonds. The van der Waals surface area contributed by atoms with Crippen molar-refractivity contribution in [2.75, 3.05) is 16.9 Å². The number of thioether (sulfide) groups is 1. The summed E-state index contributed by atoms with van der Waals surface area (Å²) in [6.45, 7) is 3.99. The van der Waals surface area contributed by atoms with Crippen molar-refractivity contribution < 1.29 is 14.5 Å². The number of benzene rings is 3. The summed E-state index contributed by atoms with van der Waals surface area (Å²) in [5, 5.41) is 14.4. The standard InChI is InChI=1S/C28H25N3O4S/c1-16-12-17(2)25-21(13-16)28(27(33)29-25)24(26(32)19-6-4-3-5-7-19)23(22-14-36-15-30(22)28)18-8-10-20(11-9-18)31(34)35/h3-13,22-24H,14-15H2,1-2H3,(H,29,33)/t22-,23+,24-,28-/m1/s1. The Morgan fingerprint density at radius 3 is 2.53 bits per heavy atom. The number of Topliss-reactive ketones (excluding diaryl/α,β-unsaturated/α-hetero) is 1. The van der Waals surface area contributed by atoms with Crippen LogP contribution in [0.3, 0.4) is 0 Å². The first-order valence-corrected chi connectivity index (χ1v) is 13.1. The number of anilines is 1. The minimum atomic E-state index is -1.15. The molecule has 3 heterocycles. The molecule has 0 aliphatic carbocycles. The SMILES string of the molecule is Cc1cc(C)c2c(c1)[C@]1(C(=O)N2)[C@@H](C(=O)c2ccccc2)[C@@H](c2ccc([N+](=O)[O-])cc2)[C@H]2CSCN21. The van der Waals surface area contributed by atoms with Crippen molar-refractivity contribution >= 4 is 34.8 Å². The van der Waals surface area contributed by atoms with Gasteiger partial charge in [0.25, 0.3) is 5.69 Å². The van der Waals surface area contributed by atoms with Crippen LogP contribution in [0.15, 0.2) is 66.7 Å². The fraction of sp³-hybridized carbons (Fsp3) is 0.286. The molecule has 1 N–H and O–H groups in total. The molecule has 0 aromatic heterocycles. The van der Waals surface area contributed by atoms with E-state index in [1.165, 1.54) is 12.1 Å². The predicted molar refractivity (Wildman–Crippen MR) is 139 cm³/mol. The van der Waals surface area contributed by atoms with Crippen molar-refractivity contribution in [3.63, 3.8) is 0 Å². The first kappa shape index (κ1) is 22.9. The van der Waals surface area contributed by atoms with Crippen molar-refractivity contribution in [3.8, 4) is 0 Å². The molecule has 4 atom stereocenters. The van der Waals surface area contributed by atoms with Crippen LogP contribution >= 0.6 is 11.8 Å². The highest BCUT2D eigenvalue weighted by Gasteiger charge is 2.69. The van der Waals surface area contributed by atoms with Crippen LogP contribution in [0, 0.1) is 29.9 Å². The highest BCUT2D eigenvalue weighted by molar-refractivity contribution is 7.99. The van der Waals surface area contributed by atoms with Crippen molar-refractivity contribution in [2.24, 2.45) is 5.92 Å². The van der Waals surface area contributed by atoms with Crippen molar-refractivity contribution in [3.05, 3.63) is 105 Å². The van der Waals surface area contributed by atoms with E-state index in [1.807, 2.05) is 44.2 Å². The molecule has 36 heavy (non-hydrogen) atoms. The number of nitrogens with one attached hydrogen (secondary N) is 1. The van der Waals surface area contributed by atoms with Crippen LogP contribution < -0.4 is 5.32 Å². The molecule has 8 heteroatoms. The van der Waals surface area contributed by atoms with E-state index in [4.69, 9.17) is 0 Å². The molecule has 0 saturated carbocycles. The normalized spacial score (nSPS) is 26.6. The summed E-state index contributed by atoms with van der Waals surface area (Å²) in [6, 6.07) is 19.7. The number of amides is 1. The van der Waals surface area contributed by atoms with Gasteiger partial charge in [-0.2, -0.15) is 0 Å². The van der Waals surface area contributed by atoms with Gasteiger partial charge < -0.3 is 5.32 Å². The Morgan fingerprint density at radius 2 is 1.83 bits per heavy atom. The average molecular weight is 500 g/mol. The van der Waals surface area contributed by atoms with Gasteiger partial charge in [-0.3, -0.25) is 24.6 Å². The van der Waals surface area contributed by atoms with E-state index in [0.29, 0.717) is 11.4 Å². The van der Waals surface area contributed by atoms with Gasteiger partial charge in [0.05, 0.1) is 10.8 Å². The van der Waals surface area contributed by atoms with E-state index in [1.54, 1.807) is 36.0 Å². The monoisotopic (exact) mass is 499 g/mol. The highest BCUT2D eigenvalue weighted by atomic mass is 32.2.